The van der Waals surface area contributed by atoms with Crippen LogP contribution in [0.25, 0.3) is 0 Å². The van der Waals surface area contributed by atoms with Crippen LogP contribution in [0.15, 0.2) is 24.3 Å². The molecule has 0 unspecified atom stereocenters. The number of benzene rings is 1. The molecule has 1 aliphatic rings. The predicted molar refractivity (Wildman–Crippen MR) is 89.0 cm³/mol. The van der Waals surface area contributed by atoms with Gasteiger partial charge in [0.25, 0.3) is 0 Å². The second-order valence-electron chi connectivity index (χ2n) is 5.78. The van der Waals surface area contributed by atoms with Crippen molar-refractivity contribution in [3.05, 3.63) is 34.9 Å². The van der Waals surface area contributed by atoms with E-state index in [2.05, 4.69) is 16.3 Å². The van der Waals surface area contributed by atoms with Gasteiger partial charge in [-0.25, -0.2) is 0 Å². The van der Waals surface area contributed by atoms with E-state index in [9.17, 15) is 4.79 Å². The van der Waals surface area contributed by atoms with Gasteiger partial charge in [0.05, 0.1) is 0 Å². The fraction of sp³-hybridized carbons (Fsp3) is 0.588. The summed E-state index contributed by atoms with van der Waals surface area (Å²) in [6, 6.07) is 7.96. The van der Waals surface area contributed by atoms with Crippen LogP contribution in [0.3, 0.4) is 0 Å². The lowest BCUT2D eigenvalue weighted by atomic mass is 9.95. The summed E-state index contributed by atoms with van der Waals surface area (Å²) in [5.41, 5.74) is 1.16. The molecule has 5 heteroatoms. The fourth-order valence-electron chi connectivity index (χ4n) is 2.79. The Morgan fingerprint density at radius 2 is 2.09 bits per heavy atom. The molecule has 4 nitrogen and oxygen atoms in total. The van der Waals surface area contributed by atoms with Gasteiger partial charge in [0.1, 0.15) is 0 Å². The van der Waals surface area contributed by atoms with Crippen LogP contribution in [-0.2, 0) is 16.1 Å². The lowest BCUT2D eigenvalue weighted by Gasteiger charge is -2.31. The number of halogens is 1. The first kappa shape index (κ1) is 17.3. The number of piperidine rings is 1. The van der Waals surface area contributed by atoms with Crippen molar-refractivity contribution in [3.8, 4) is 0 Å². The van der Waals surface area contributed by atoms with E-state index in [-0.39, 0.29) is 11.8 Å². The quantitative estimate of drug-likeness (QED) is 0.784. The Hall–Kier alpha value is -1.10. The molecule has 1 aromatic carbocycles. The van der Waals surface area contributed by atoms with E-state index >= 15 is 0 Å². The Balaban J connectivity index is 1.71. The SMILES string of the molecule is COCCCNC(=O)C1CCN(Cc2ccccc2Cl)CC1. The number of ether oxygens (including phenoxy) is 1. The van der Waals surface area contributed by atoms with Gasteiger partial charge in [-0.2, -0.15) is 0 Å². The third-order valence-corrected chi connectivity index (χ3v) is 4.50. The maximum atomic E-state index is 12.1. The van der Waals surface area contributed by atoms with Crippen molar-refractivity contribution >= 4 is 17.5 Å². The van der Waals surface area contributed by atoms with Gasteiger partial charge in [-0.05, 0) is 44.0 Å². The molecule has 0 aromatic heterocycles. The summed E-state index contributed by atoms with van der Waals surface area (Å²) in [7, 11) is 1.68. The monoisotopic (exact) mass is 324 g/mol. The number of amides is 1. The molecule has 2 rings (SSSR count). The maximum absolute atomic E-state index is 12.1. The first-order valence-corrected chi connectivity index (χ1v) is 8.31. The summed E-state index contributed by atoms with van der Waals surface area (Å²) >= 11 is 6.20. The highest BCUT2D eigenvalue weighted by Crippen LogP contribution is 2.22. The molecule has 0 saturated carbocycles. The van der Waals surface area contributed by atoms with E-state index in [0.29, 0.717) is 13.2 Å². The van der Waals surface area contributed by atoms with Gasteiger partial charge in [0.2, 0.25) is 5.91 Å². The summed E-state index contributed by atoms with van der Waals surface area (Å²) in [6.07, 6.45) is 2.70. The van der Waals surface area contributed by atoms with Crippen LogP contribution in [0.5, 0.6) is 0 Å². The molecule has 1 amide bonds. The highest BCUT2D eigenvalue weighted by molar-refractivity contribution is 6.31. The molecule has 0 bridgehead atoms. The minimum absolute atomic E-state index is 0.144. The standard InChI is InChI=1S/C17H25ClN2O2/c1-22-12-4-9-19-17(21)14-7-10-20(11-8-14)13-15-5-2-3-6-16(15)18/h2-3,5-6,14H,4,7-13H2,1H3,(H,19,21). The third kappa shape index (κ3) is 5.27. The molecule has 1 aromatic rings. The van der Waals surface area contributed by atoms with Gasteiger partial charge in [-0.15, -0.1) is 0 Å². The smallest absolute Gasteiger partial charge is 0.223 e. The lowest BCUT2D eigenvalue weighted by molar-refractivity contribution is -0.126. The zero-order chi connectivity index (χ0) is 15.8. The Labute approximate surface area is 137 Å². The van der Waals surface area contributed by atoms with Gasteiger partial charge in [-0.1, -0.05) is 29.8 Å². The summed E-state index contributed by atoms with van der Waals surface area (Å²) in [5.74, 6) is 0.332. The van der Waals surface area contributed by atoms with E-state index < -0.39 is 0 Å². The molecule has 1 N–H and O–H groups in total. The van der Waals surface area contributed by atoms with Gasteiger partial charge in [0.15, 0.2) is 0 Å². The highest BCUT2D eigenvalue weighted by atomic mass is 35.5. The molecule has 1 aliphatic heterocycles. The zero-order valence-corrected chi connectivity index (χ0v) is 13.9. The second kappa shape index (κ2) is 9.13. The Bertz CT molecular complexity index is 473. The number of likely N-dealkylation sites (tertiary alicyclic amines) is 1. The summed E-state index contributed by atoms with van der Waals surface area (Å²) in [5, 5.41) is 3.82. The number of rotatable bonds is 7. The second-order valence-corrected chi connectivity index (χ2v) is 6.19. The number of methoxy groups -OCH3 is 1. The lowest BCUT2D eigenvalue weighted by Crippen LogP contribution is -2.40. The van der Waals surface area contributed by atoms with Crippen molar-refractivity contribution in [1.29, 1.82) is 0 Å². The van der Waals surface area contributed by atoms with Crippen molar-refractivity contribution in [3.63, 3.8) is 0 Å². The molecule has 1 heterocycles. The number of nitrogens with zero attached hydrogens (tertiary/aromatic N) is 1. The van der Waals surface area contributed by atoms with E-state index in [4.69, 9.17) is 16.3 Å². The maximum Gasteiger partial charge on any atom is 0.223 e. The predicted octanol–water partition coefficient (Wildman–Crippen LogP) is 2.70. The van der Waals surface area contributed by atoms with Crippen LogP contribution >= 0.6 is 11.6 Å². The summed E-state index contributed by atoms with van der Waals surface area (Å²) < 4.78 is 4.98. The number of nitrogens with one attached hydrogen (secondary N) is 1. The van der Waals surface area contributed by atoms with E-state index in [1.807, 2.05) is 18.2 Å². The Kier molecular flexibility index (Phi) is 7.16. The molecule has 0 aliphatic carbocycles. The molecule has 0 radical (unpaired) electrons. The van der Waals surface area contributed by atoms with Crippen LogP contribution in [0, 0.1) is 5.92 Å². The van der Waals surface area contributed by atoms with Crippen LogP contribution in [0.2, 0.25) is 5.02 Å². The largest absolute Gasteiger partial charge is 0.385 e. The molecule has 1 fully saturated rings. The van der Waals surface area contributed by atoms with E-state index in [1.165, 1.54) is 0 Å². The van der Waals surface area contributed by atoms with Crippen LogP contribution in [0.1, 0.15) is 24.8 Å². The molecule has 122 valence electrons. The molecular weight excluding hydrogens is 300 g/mol. The van der Waals surface area contributed by atoms with Crippen LogP contribution < -0.4 is 5.32 Å². The number of hydrogen-bond acceptors (Lipinski definition) is 3. The van der Waals surface area contributed by atoms with Crippen LogP contribution in [0.4, 0.5) is 0 Å². The van der Waals surface area contributed by atoms with Gasteiger partial charge >= 0.3 is 0 Å². The molecule has 0 atom stereocenters. The van der Waals surface area contributed by atoms with Crippen molar-refractivity contribution in [1.82, 2.24) is 10.2 Å². The van der Waals surface area contributed by atoms with Crippen molar-refractivity contribution in [2.24, 2.45) is 5.92 Å². The number of carbonyl (C=O) groups is 1. The number of carbonyl (C=O) groups excluding carboxylic acids is 1. The molecule has 1 saturated heterocycles. The van der Waals surface area contributed by atoms with Crippen molar-refractivity contribution < 1.29 is 9.53 Å². The first-order valence-electron chi connectivity index (χ1n) is 7.93. The first-order chi connectivity index (χ1) is 10.7. The molecule has 22 heavy (non-hydrogen) atoms. The topological polar surface area (TPSA) is 41.6 Å². The fourth-order valence-corrected chi connectivity index (χ4v) is 2.99. The van der Waals surface area contributed by atoms with Crippen molar-refractivity contribution in [2.45, 2.75) is 25.8 Å². The normalized spacial score (nSPS) is 16.6. The zero-order valence-electron chi connectivity index (χ0n) is 13.2. The summed E-state index contributed by atoms with van der Waals surface area (Å²) in [4.78, 5) is 14.5. The highest BCUT2D eigenvalue weighted by Gasteiger charge is 2.24. The van der Waals surface area contributed by atoms with E-state index in [0.717, 1.165) is 49.5 Å². The Morgan fingerprint density at radius 1 is 1.36 bits per heavy atom. The molecule has 0 spiro atoms. The third-order valence-electron chi connectivity index (χ3n) is 4.13. The minimum Gasteiger partial charge on any atom is -0.385 e. The van der Waals surface area contributed by atoms with Crippen molar-refractivity contribution in [2.75, 3.05) is 33.4 Å². The van der Waals surface area contributed by atoms with E-state index in [1.54, 1.807) is 7.11 Å². The van der Waals surface area contributed by atoms with Crippen LogP contribution in [-0.4, -0.2) is 44.2 Å². The van der Waals surface area contributed by atoms with Gasteiger partial charge in [0, 0.05) is 37.7 Å². The summed E-state index contributed by atoms with van der Waals surface area (Å²) in [6.45, 7) is 4.15. The van der Waals surface area contributed by atoms with Gasteiger partial charge < -0.3 is 10.1 Å². The number of hydrogen-bond donors (Lipinski definition) is 1. The minimum atomic E-state index is 0.144. The Morgan fingerprint density at radius 3 is 2.77 bits per heavy atom. The molecular formula is C17H25ClN2O2. The average Bonchev–Trinajstić information content (AvgIpc) is 2.54. The van der Waals surface area contributed by atoms with Gasteiger partial charge in [-0.3, -0.25) is 9.69 Å². The average molecular weight is 325 g/mol.